The average molecular weight is 393 g/mol. The minimum absolute atomic E-state index is 1.18. The van der Waals surface area contributed by atoms with Crippen molar-refractivity contribution in [1.82, 2.24) is 4.98 Å². The van der Waals surface area contributed by atoms with Crippen molar-refractivity contribution in [3.05, 3.63) is 109 Å². The predicted octanol–water partition coefficient (Wildman–Crippen LogP) is 8.30. The van der Waals surface area contributed by atoms with Crippen LogP contribution in [0.1, 0.15) is 0 Å². The van der Waals surface area contributed by atoms with E-state index in [1.54, 1.807) is 0 Å². The number of aromatic amines is 1. The average Bonchev–Trinajstić information content (AvgIpc) is 3.21. The lowest BCUT2D eigenvalue weighted by molar-refractivity contribution is 1.50. The molecule has 1 aliphatic carbocycles. The van der Waals surface area contributed by atoms with Gasteiger partial charge in [-0.3, -0.25) is 0 Å². The van der Waals surface area contributed by atoms with Gasteiger partial charge in [0.1, 0.15) is 0 Å². The van der Waals surface area contributed by atoms with Crippen molar-refractivity contribution in [2.24, 2.45) is 0 Å². The van der Waals surface area contributed by atoms with Crippen LogP contribution < -0.4 is 0 Å². The van der Waals surface area contributed by atoms with Crippen LogP contribution in [-0.4, -0.2) is 4.98 Å². The normalized spacial score (nSPS) is 11.9. The molecule has 6 aromatic rings. The third-order valence-electron chi connectivity index (χ3n) is 6.60. The number of benzene rings is 5. The lowest BCUT2D eigenvalue weighted by Crippen LogP contribution is -1.97. The molecule has 31 heavy (non-hydrogen) atoms. The molecule has 0 saturated carbocycles. The number of para-hydroxylation sites is 1. The van der Waals surface area contributed by atoms with E-state index in [0.29, 0.717) is 0 Å². The summed E-state index contributed by atoms with van der Waals surface area (Å²) in [6.07, 6.45) is 0. The summed E-state index contributed by atoms with van der Waals surface area (Å²) in [5.41, 5.74) is 12.6. The fourth-order valence-corrected chi connectivity index (χ4v) is 5.26. The fraction of sp³-hybridized carbons (Fsp3) is 0. The zero-order chi connectivity index (χ0) is 20.4. The Balaban J connectivity index is 1.74. The smallest absolute Gasteiger partial charge is 0.0551 e. The first-order valence-electron chi connectivity index (χ1n) is 10.7. The van der Waals surface area contributed by atoms with E-state index in [4.69, 9.17) is 0 Å². The molecular formula is C30H19N. The van der Waals surface area contributed by atoms with Gasteiger partial charge < -0.3 is 4.98 Å². The molecule has 1 aromatic heterocycles. The number of hydrogen-bond donors (Lipinski definition) is 1. The summed E-state index contributed by atoms with van der Waals surface area (Å²) in [4.78, 5) is 3.75. The van der Waals surface area contributed by atoms with Crippen LogP contribution in [0.5, 0.6) is 0 Å². The minimum atomic E-state index is 1.18. The fourth-order valence-electron chi connectivity index (χ4n) is 5.26. The Morgan fingerprint density at radius 1 is 0.355 bits per heavy atom. The van der Waals surface area contributed by atoms with Crippen molar-refractivity contribution in [2.45, 2.75) is 0 Å². The molecule has 0 atom stereocenters. The van der Waals surface area contributed by atoms with Gasteiger partial charge in [0, 0.05) is 21.9 Å². The van der Waals surface area contributed by atoms with Gasteiger partial charge in [-0.25, -0.2) is 0 Å². The second-order valence-corrected chi connectivity index (χ2v) is 8.22. The summed E-state index contributed by atoms with van der Waals surface area (Å²) in [7, 11) is 0. The van der Waals surface area contributed by atoms with Gasteiger partial charge in [0.25, 0.3) is 0 Å². The Morgan fingerprint density at radius 3 is 1.48 bits per heavy atom. The van der Waals surface area contributed by atoms with Crippen LogP contribution in [0, 0.1) is 0 Å². The Labute approximate surface area is 180 Å². The number of hydrogen-bond acceptors (Lipinski definition) is 0. The third kappa shape index (κ3) is 2.26. The minimum Gasteiger partial charge on any atom is -0.354 e. The van der Waals surface area contributed by atoms with Crippen LogP contribution in [0.25, 0.3) is 66.3 Å². The van der Waals surface area contributed by atoms with Gasteiger partial charge in [0.2, 0.25) is 0 Å². The highest BCUT2D eigenvalue weighted by Gasteiger charge is 2.23. The Morgan fingerprint density at radius 2 is 0.839 bits per heavy atom. The predicted molar refractivity (Wildman–Crippen MR) is 131 cm³/mol. The Bertz CT molecular complexity index is 1630. The Kier molecular flexibility index (Phi) is 3.33. The summed E-state index contributed by atoms with van der Waals surface area (Å²) < 4.78 is 0. The first-order valence-corrected chi connectivity index (χ1v) is 10.7. The van der Waals surface area contributed by atoms with Crippen molar-refractivity contribution >= 4 is 21.8 Å². The SMILES string of the molecule is c1ccc2c(c1)-c1ccccc1-c1ccc3c([nH]c4ccccc43)c1-c1ccccc1-2. The Hall–Kier alpha value is -4.10. The second-order valence-electron chi connectivity index (χ2n) is 8.22. The molecule has 1 heterocycles. The van der Waals surface area contributed by atoms with Crippen molar-refractivity contribution in [3.8, 4) is 44.5 Å². The van der Waals surface area contributed by atoms with Crippen LogP contribution in [-0.2, 0) is 0 Å². The van der Waals surface area contributed by atoms with Crippen molar-refractivity contribution < 1.29 is 0 Å². The quantitative estimate of drug-likeness (QED) is 0.267. The molecule has 0 aliphatic heterocycles. The van der Waals surface area contributed by atoms with E-state index in [0.717, 1.165) is 0 Å². The number of rotatable bonds is 0. The molecule has 0 fully saturated rings. The molecule has 7 rings (SSSR count). The number of fused-ring (bicyclic) bond motifs is 12. The standard InChI is InChI=1S/C30H19N/c1-2-10-20-19(9-1)21-11-3-4-13-23(21)26-17-18-27-24-14-7-8-16-28(24)31-30(27)29(26)25-15-6-5-12-22(20)25/h1-18,31H. The van der Waals surface area contributed by atoms with Crippen LogP contribution in [0.4, 0.5) is 0 Å². The highest BCUT2D eigenvalue weighted by atomic mass is 14.7. The zero-order valence-electron chi connectivity index (χ0n) is 16.9. The molecule has 1 nitrogen and oxygen atoms in total. The summed E-state index contributed by atoms with van der Waals surface area (Å²) in [6, 6.07) is 39.6. The van der Waals surface area contributed by atoms with Gasteiger partial charge in [0.05, 0.1) is 5.52 Å². The van der Waals surface area contributed by atoms with E-state index in [1.165, 1.54) is 66.3 Å². The van der Waals surface area contributed by atoms with Crippen LogP contribution in [0.2, 0.25) is 0 Å². The van der Waals surface area contributed by atoms with E-state index in [9.17, 15) is 0 Å². The lowest BCUT2D eigenvalue weighted by atomic mass is 9.80. The van der Waals surface area contributed by atoms with Crippen LogP contribution in [0.15, 0.2) is 109 Å². The lowest BCUT2D eigenvalue weighted by Gasteiger charge is -2.23. The number of H-pyrrole nitrogens is 1. The maximum Gasteiger partial charge on any atom is 0.0551 e. The summed E-state index contributed by atoms with van der Waals surface area (Å²) in [6.45, 7) is 0. The van der Waals surface area contributed by atoms with E-state index < -0.39 is 0 Å². The molecule has 144 valence electrons. The molecule has 0 saturated heterocycles. The summed E-state index contributed by atoms with van der Waals surface area (Å²) in [5.74, 6) is 0. The molecule has 1 heteroatoms. The maximum atomic E-state index is 3.75. The summed E-state index contributed by atoms with van der Waals surface area (Å²) >= 11 is 0. The van der Waals surface area contributed by atoms with Gasteiger partial charge in [-0.2, -0.15) is 0 Å². The van der Waals surface area contributed by atoms with Crippen molar-refractivity contribution in [2.75, 3.05) is 0 Å². The molecular weight excluding hydrogens is 374 g/mol. The van der Waals surface area contributed by atoms with Gasteiger partial charge in [-0.1, -0.05) is 103 Å². The molecule has 0 spiro atoms. The first kappa shape index (κ1) is 16.7. The first-order chi connectivity index (χ1) is 15.4. The molecule has 0 radical (unpaired) electrons. The highest BCUT2D eigenvalue weighted by molar-refractivity contribution is 6.17. The topological polar surface area (TPSA) is 15.8 Å². The molecule has 0 unspecified atom stereocenters. The number of nitrogens with one attached hydrogen (secondary N) is 1. The summed E-state index contributed by atoms with van der Waals surface area (Å²) in [5, 5.41) is 2.55. The van der Waals surface area contributed by atoms with Gasteiger partial charge in [0.15, 0.2) is 0 Å². The molecule has 1 aliphatic rings. The van der Waals surface area contributed by atoms with Gasteiger partial charge in [-0.05, 0) is 45.0 Å². The molecule has 5 aromatic carbocycles. The van der Waals surface area contributed by atoms with Crippen LogP contribution >= 0.6 is 0 Å². The number of aromatic nitrogens is 1. The van der Waals surface area contributed by atoms with E-state index >= 15 is 0 Å². The van der Waals surface area contributed by atoms with Gasteiger partial charge in [-0.15, -0.1) is 0 Å². The largest absolute Gasteiger partial charge is 0.354 e. The van der Waals surface area contributed by atoms with E-state index in [1.807, 2.05) is 0 Å². The zero-order valence-corrected chi connectivity index (χ0v) is 16.9. The monoisotopic (exact) mass is 393 g/mol. The second kappa shape index (κ2) is 6.20. The van der Waals surface area contributed by atoms with E-state index in [-0.39, 0.29) is 0 Å². The molecule has 0 amide bonds. The van der Waals surface area contributed by atoms with Crippen molar-refractivity contribution in [1.29, 1.82) is 0 Å². The van der Waals surface area contributed by atoms with Gasteiger partial charge >= 0.3 is 0 Å². The van der Waals surface area contributed by atoms with E-state index in [2.05, 4.69) is 114 Å². The molecule has 0 bridgehead atoms. The van der Waals surface area contributed by atoms with Crippen LogP contribution in [0.3, 0.4) is 0 Å². The maximum absolute atomic E-state index is 3.75. The highest BCUT2D eigenvalue weighted by Crippen LogP contribution is 2.49. The molecule has 1 N–H and O–H groups in total. The van der Waals surface area contributed by atoms with Crippen molar-refractivity contribution in [3.63, 3.8) is 0 Å². The third-order valence-corrected chi connectivity index (χ3v) is 6.60.